The van der Waals surface area contributed by atoms with E-state index < -0.39 is 6.10 Å². The van der Waals surface area contributed by atoms with E-state index in [0.29, 0.717) is 11.6 Å². The molecule has 2 nitrogen and oxygen atoms in total. The van der Waals surface area contributed by atoms with Crippen LogP contribution in [0.25, 0.3) is 0 Å². The normalized spacial score (nSPS) is 25.1. The summed E-state index contributed by atoms with van der Waals surface area (Å²) in [5, 5.41) is 9.82. The molecule has 2 rings (SSSR count). The van der Waals surface area contributed by atoms with Crippen molar-refractivity contribution in [1.29, 1.82) is 0 Å². The quantitative estimate of drug-likeness (QED) is 0.896. The predicted molar refractivity (Wildman–Crippen MR) is 76.9 cm³/mol. The Morgan fingerprint density at radius 2 is 2.11 bits per heavy atom. The molecule has 1 saturated carbocycles. The lowest BCUT2D eigenvalue weighted by Gasteiger charge is -2.37. The van der Waals surface area contributed by atoms with Gasteiger partial charge in [-0.15, -0.1) is 0 Å². The van der Waals surface area contributed by atoms with Gasteiger partial charge in [-0.2, -0.15) is 0 Å². The molecule has 0 amide bonds. The van der Waals surface area contributed by atoms with Crippen LogP contribution in [0, 0.1) is 11.7 Å². The summed E-state index contributed by atoms with van der Waals surface area (Å²) < 4.78 is 13.9. The zero-order chi connectivity index (χ0) is 14.0. The van der Waals surface area contributed by atoms with Gasteiger partial charge in [0.05, 0.1) is 6.10 Å². The standard InChI is InChI=1S/C16H24FNO/c1-11-6-4-7-13(10-11)18(3)15-9-5-8-14(17)16(15)12(2)19/h5,8-9,11-13,19H,4,6-7,10H2,1-3H3. The van der Waals surface area contributed by atoms with Crippen molar-refractivity contribution in [1.82, 2.24) is 0 Å². The number of halogens is 1. The maximum absolute atomic E-state index is 13.9. The van der Waals surface area contributed by atoms with Crippen molar-refractivity contribution in [3.05, 3.63) is 29.6 Å². The van der Waals surface area contributed by atoms with Crippen molar-refractivity contribution in [2.45, 2.75) is 51.7 Å². The van der Waals surface area contributed by atoms with Crippen LogP contribution < -0.4 is 4.90 Å². The van der Waals surface area contributed by atoms with Crippen LogP contribution in [-0.2, 0) is 0 Å². The Kier molecular flexibility index (Phi) is 4.46. The molecule has 1 aliphatic rings. The molecule has 1 aromatic carbocycles. The number of benzene rings is 1. The largest absolute Gasteiger partial charge is 0.389 e. The van der Waals surface area contributed by atoms with Crippen molar-refractivity contribution in [3.63, 3.8) is 0 Å². The molecule has 0 heterocycles. The molecule has 0 aromatic heterocycles. The second kappa shape index (κ2) is 5.91. The number of aliphatic hydroxyl groups is 1. The van der Waals surface area contributed by atoms with Crippen LogP contribution in [0.15, 0.2) is 18.2 Å². The number of nitrogens with zero attached hydrogens (tertiary/aromatic N) is 1. The van der Waals surface area contributed by atoms with Gasteiger partial charge in [0.2, 0.25) is 0 Å². The second-order valence-electron chi connectivity index (χ2n) is 5.89. The average molecular weight is 265 g/mol. The van der Waals surface area contributed by atoms with E-state index in [1.54, 1.807) is 13.0 Å². The van der Waals surface area contributed by atoms with E-state index in [0.717, 1.165) is 24.4 Å². The van der Waals surface area contributed by atoms with Gasteiger partial charge in [0.1, 0.15) is 5.82 Å². The summed E-state index contributed by atoms with van der Waals surface area (Å²) in [4.78, 5) is 2.15. The summed E-state index contributed by atoms with van der Waals surface area (Å²) in [6.45, 7) is 3.90. The fraction of sp³-hybridized carbons (Fsp3) is 0.625. The molecule has 0 spiro atoms. The summed E-state index contributed by atoms with van der Waals surface area (Å²) in [6.07, 6.45) is 4.04. The molecule has 3 heteroatoms. The SMILES string of the molecule is CC1CCCC(N(C)c2cccc(F)c2C(C)O)C1. The lowest BCUT2D eigenvalue weighted by molar-refractivity contribution is 0.194. The molecular formula is C16H24FNO. The molecular weight excluding hydrogens is 241 g/mol. The number of hydrogen-bond acceptors (Lipinski definition) is 2. The lowest BCUT2D eigenvalue weighted by atomic mass is 9.86. The van der Waals surface area contributed by atoms with E-state index in [-0.39, 0.29) is 5.82 Å². The Morgan fingerprint density at radius 1 is 1.37 bits per heavy atom. The Labute approximate surface area is 115 Å². The summed E-state index contributed by atoms with van der Waals surface area (Å²) in [5.41, 5.74) is 1.25. The van der Waals surface area contributed by atoms with Gasteiger partial charge in [-0.3, -0.25) is 0 Å². The highest BCUT2D eigenvalue weighted by Gasteiger charge is 2.25. The van der Waals surface area contributed by atoms with Crippen LogP contribution in [0.5, 0.6) is 0 Å². The van der Waals surface area contributed by atoms with E-state index in [1.165, 1.54) is 18.9 Å². The zero-order valence-corrected chi connectivity index (χ0v) is 12.1. The highest BCUT2D eigenvalue weighted by molar-refractivity contribution is 5.55. The molecule has 0 saturated heterocycles. The number of anilines is 1. The average Bonchev–Trinajstić information content (AvgIpc) is 2.37. The van der Waals surface area contributed by atoms with Gasteiger partial charge in [-0.25, -0.2) is 4.39 Å². The van der Waals surface area contributed by atoms with Crippen LogP contribution in [0.3, 0.4) is 0 Å². The molecule has 1 N–H and O–H groups in total. The first-order chi connectivity index (χ1) is 9.00. The fourth-order valence-corrected chi connectivity index (χ4v) is 3.20. The van der Waals surface area contributed by atoms with Gasteiger partial charge < -0.3 is 10.0 Å². The Hall–Kier alpha value is -1.09. The van der Waals surface area contributed by atoms with E-state index in [1.807, 2.05) is 13.1 Å². The molecule has 1 aliphatic carbocycles. The van der Waals surface area contributed by atoms with Gasteiger partial charge in [-0.1, -0.05) is 25.8 Å². The molecule has 106 valence electrons. The summed E-state index contributed by atoms with van der Waals surface area (Å²) in [6, 6.07) is 5.50. The minimum atomic E-state index is -0.778. The summed E-state index contributed by atoms with van der Waals surface area (Å²) in [5.74, 6) is 0.410. The van der Waals surface area contributed by atoms with Crippen LogP contribution in [0.1, 0.15) is 51.2 Å². The topological polar surface area (TPSA) is 23.5 Å². The first kappa shape index (κ1) is 14.3. The van der Waals surface area contributed by atoms with Crippen LogP contribution in [-0.4, -0.2) is 18.2 Å². The van der Waals surface area contributed by atoms with Crippen molar-refractivity contribution in [2.24, 2.45) is 5.92 Å². The molecule has 3 atom stereocenters. The minimum absolute atomic E-state index is 0.316. The molecule has 19 heavy (non-hydrogen) atoms. The first-order valence-electron chi connectivity index (χ1n) is 7.20. The summed E-state index contributed by atoms with van der Waals surface area (Å²) >= 11 is 0. The highest BCUT2D eigenvalue weighted by Crippen LogP contribution is 2.34. The smallest absolute Gasteiger partial charge is 0.131 e. The maximum atomic E-state index is 13.9. The second-order valence-corrected chi connectivity index (χ2v) is 5.89. The molecule has 0 radical (unpaired) electrons. The number of hydrogen-bond donors (Lipinski definition) is 1. The van der Waals surface area contributed by atoms with Gasteiger partial charge in [-0.05, 0) is 37.8 Å². The monoisotopic (exact) mass is 265 g/mol. The van der Waals surface area contributed by atoms with Gasteiger partial charge >= 0.3 is 0 Å². The predicted octanol–water partition coefficient (Wildman–Crippen LogP) is 3.89. The Bertz CT molecular complexity index is 433. The van der Waals surface area contributed by atoms with Crippen LogP contribution in [0.4, 0.5) is 10.1 Å². The van der Waals surface area contributed by atoms with Crippen molar-refractivity contribution in [3.8, 4) is 0 Å². The van der Waals surface area contributed by atoms with Gasteiger partial charge in [0.15, 0.2) is 0 Å². The van der Waals surface area contributed by atoms with E-state index in [2.05, 4.69) is 11.8 Å². The van der Waals surface area contributed by atoms with Crippen molar-refractivity contribution >= 4 is 5.69 Å². The first-order valence-corrected chi connectivity index (χ1v) is 7.20. The van der Waals surface area contributed by atoms with Gasteiger partial charge in [0.25, 0.3) is 0 Å². The van der Waals surface area contributed by atoms with E-state index in [4.69, 9.17) is 0 Å². The minimum Gasteiger partial charge on any atom is -0.389 e. The third-order valence-electron chi connectivity index (χ3n) is 4.28. The highest BCUT2D eigenvalue weighted by atomic mass is 19.1. The molecule has 0 aliphatic heterocycles. The van der Waals surface area contributed by atoms with E-state index >= 15 is 0 Å². The molecule has 3 unspecified atom stereocenters. The van der Waals surface area contributed by atoms with Crippen molar-refractivity contribution < 1.29 is 9.50 Å². The fourth-order valence-electron chi connectivity index (χ4n) is 3.20. The van der Waals surface area contributed by atoms with E-state index in [9.17, 15) is 9.50 Å². The molecule has 0 bridgehead atoms. The third kappa shape index (κ3) is 3.08. The number of aliphatic hydroxyl groups excluding tert-OH is 1. The molecule has 1 aromatic rings. The van der Waals surface area contributed by atoms with Crippen LogP contribution >= 0.6 is 0 Å². The zero-order valence-electron chi connectivity index (χ0n) is 12.1. The number of rotatable bonds is 3. The maximum Gasteiger partial charge on any atom is 0.131 e. The lowest BCUT2D eigenvalue weighted by Crippen LogP contribution is -2.36. The van der Waals surface area contributed by atoms with Gasteiger partial charge in [0, 0.05) is 24.3 Å². The Balaban J connectivity index is 2.28. The van der Waals surface area contributed by atoms with Crippen molar-refractivity contribution in [2.75, 3.05) is 11.9 Å². The molecule has 1 fully saturated rings. The summed E-state index contributed by atoms with van der Waals surface area (Å²) in [7, 11) is 2.02. The van der Waals surface area contributed by atoms with Crippen LogP contribution in [0.2, 0.25) is 0 Å². The Morgan fingerprint density at radius 3 is 2.74 bits per heavy atom. The third-order valence-corrected chi connectivity index (χ3v) is 4.28.